The summed E-state index contributed by atoms with van der Waals surface area (Å²) in [5.41, 5.74) is 4.54. The predicted molar refractivity (Wildman–Crippen MR) is 127 cm³/mol. The fourth-order valence-corrected chi connectivity index (χ4v) is 4.50. The van der Waals surface area contributed by atoms with Crippen LogP contribution in [0.15, 0.2) is 72.5 Å². The Morgan fingerprint density at radius 2 is 1.82 bits per heavy atom. The van der Waals surface area contributed by atoms with Gasteiger partial charge in [0.2, 0.25) is 12.6 Å². The van der Waals surface area contributed by atoms with Gasteiger partial charge in [-0.2, -0.15) is 0 Å². The lowest BCUT2D eigenvalue weighted by Gasteiger charge is -2.30. The van der Waals surface area contributed by atoms with Crippen LogP contribution in [0.5, 0.6) is 23.0 Å². The van der Waals surface area contributed by atoms with E-state index >= 15 is 0 Å². The molecule has 170 valence electrons. The molecule has 6 rings (SSSR count). The molecule has 0 N–H and O–H groups in total. The number of carbonyl (C=O) groups excluding carboxylic acids is 1. The predicted octanol–water partition coefficient (Wildman–Crippen LogP) is 5.25. The highest BCUT2D eigenvalue weighted by Crippen LogP contribution is 2.44. The van der Waals surface area contributed by atoms with E-state index in [1.165, 1.54) is 0 Å². The van der Waals surface area contributed by atoms with Crippen LogP contribution in [0.4, 0.5) is 0 Å². The summed E-state index contributed by atoms with van der Waals surface area (Å²) in [6, 6.07) is 17.8. The summed E-state index contributed by atoms with van der Waals surface area (Å²) in [5.74, 6) is 3.14. The molecular formula is C28H23NO5. The molecule has 3 aliphatic rings. The molecule has 6 nitrogen and oxygen atoms in total. The second kappa shape index (κ2) is 8.39. The summed E-state index contributed by atoms with van der Waals surface area (Å²) in [6.07, 6.45) is 5.53. The molecule has 0 saturated heterocycles. The van der Waals surface area contributed by atoms with Crippen molar-refractivity contribution in [1.82, 2.24) is 4.90 Å². The summed E-state index contributed by atoms with van der Waals surface area (Å²) in [5, 5.41) is 0. The van der Waals surface area contributed by atoms with Gasteiger partial charge in [0.15, 0.2) is 17.3 Å². The van der Waals surface area contributed by atoms with Crippen LogP contribution in [-0.2, 0) is 13.1 Å². The fraction of sp³-hybridized carbons (Fsp3) is 0.179. The zero-order valence-corrected chi connectivity index (χ0v) is 18.7. The Morgan fingerprint density at radius 3 is 2.71 bits per heavy atom. The van der Waals surface area contributed by atoms with Gasteiger partial charge in [-0.25, -0.2) is 0 Å². The van der Waals surface area contributed by atoms with Gasteiger partial charge in [0.1, 0.15) is 18.2 Å². The third-order valence-corrected chi connectivity index (χ3v) is 6.17. The Morgan fingerprint density at radius 1 is 0.971 bits per heavy atom. The third kappa shape index (κ3) is 3.72. The van der Waals surface area contributed by atoms with Crippen LogP contribution in [0.25, 0.3) is 6.08 Å². The van der Waals surface area contributed by atoms with Crippen molar-refractivity contribution < 1.29 is 23.7 Å². The number of fused-ring (bicyclic) bond motifs is 4. The topological polar surface area (TPSA) is 57.2 Å². The van der Waals surface area contributed by atoms with Crippen LogP contribution in [0, 0.1) is 6.92 Å². The lowest BCUT2D eigenvalue weighted by Crippen LogP contribution is -2.31. The van der Waals surface area contributed by atoms with Crippen molar-refractivity contribution in [1.29, 1.82) is 0 Å². The second-order valence-electron chi connectivity index (χ2n) is 8.55. The SMILES string of the molecule is Cc1cc2c(c3c1C(=O)/C(=C/C=C/c1ccccc1)O3)CN(Cc1ccc3c(c1)OCO3)CO2. The Hall–Kier alpha value is -4.03. The monoisotopic (exact) mass is 453 g/mol. The van der Waals surface area contributed by atoms with Crippen molar-refractivity contribution >= 4 is 11.9 Å². The van der Waals surface area contributed by atoms with E-state index in [-0.39, 0.29) is 12.6 Å². The van der Waals surface area contributed by atoms with Gasteiger partial charge >= 0.3 is 0 Å². The number of Topliss-reactive ketones (excluding diaryl/α,β-unsaturated/α-hetero) is 1. The minimum Gasteiger partial charge on any atom is -0.478 e. The molecular weight excluding hydrogens is 430 g/mol. The van der Waals surface area contributed by atoms with Crippen molar-refractivity contribution in [3.05, 3.63) is 100 Å². The minimum absolute atomic E-state index is 0.0964. The maximum atomic E-state index is 13.1. The van der Waals surface area contributed by atoms with Gasteiger partial charge in [-0.3, -0.25) is 9.69 Å². The first kappa shape index (κ1) is 20.6. The minimum atomic E-state index is -0.0964. The van der Waals surface area contributed by atoms with Crippen LogP contribution >= 0.6 is 0 Å². The zero-order chi connectivity index (χ0) is 23.1. The normalized spacial score (nSPS) is 17.6. The smallest absolute Gasteiger partial charge is 0.232 e. The van der Waals surface area contributed by atoms with Crippen LogP contribution in [-0.4, -0.2) is 24.2 Å². The van der Waals surface area contributed by atoms with E-state index in [0.29, 0.717) is 36.9 Å². The second-order valence-corrected chi connectivity index (χ2v) is 8.55. The maximum Gasteiger partial charge on any atom is 0.232 e. The standard InChI is InChI=1S/C28H23NO5/c1-18-12-24-21(15-29(16-31-24)14-20-10-11-22-25(13-20)33-17-32-22)28-26(18)27(30)23(34-28)9-5-8-19-6-3-2-4-7-19/h2-13H,14-17H2,1H3/b8-5+,23-9-. The van der Waals surface area contributed by atoms with Gasteiger partial charge in [0.25, 0.3) is 0 Å². The average Bonchev–Trinajstić information content (AvgIpc) is 3.45. The number of hydrogen-bond donors (Lipinski definition) is 0. The molecule has 0 bridgehead atoms. The first-order valence-corrected chi connectivity index (χ1v) is 11.2. The van der Waals surface area contributed by atoms with Gasteiger partial charge < -0.3 is 18.9 Å². The van der Waals surface area contributed by atoms with E-state index in [1.54, 1.807) is 6.08 Å². The lowest BCUT2D eigenvalue weighted by molar-refractivity contribution is 0.0871. The molecule has 0 saturated carbocycles. The zero-order valence-electron chi connectivity index (χ0n) is 18.7. The Labute approximate surface area is 197 Å². The Bertz CT molecular complexity index is 1340. The quantitative estimate of drug-likeness (QED) is 0.503. The highest BCUT2D eigenvalue weighted by molar-refractivity contribution is 6.14. The number of allylic oxidation sites excluding steroid dienone is 3. The highest BCUT2D eigenvalue weighted by atomic mass is 16.7. The van der Waals surface area contributed by atoms with Gasteiger partial charge in [-0.05, 0) is 47.9 Å². The number of benzene rings is 3. The molecule has 0 spiro atoms. The average molecular weight is 453 g/mol. The van der Waals surface area contributed by atoms with E-state index in [9.17, 15) is 4.79 Å². The molecule has 34 heavy (non-hydrogen) atoms. The van der Waals surface area contributed by atoms with Gasteiger partial charge in [-0.15, -0.1) is 0 Å². The molecule has 3 aliphatic heterocycles. The van der Waals surface area contributed by atoms with E-state index in [2.05, 4.69) is 4.90 Å². The van der Waals surface area contributed by atoms with Crippen molar-refractivity contribution in [2.45, 2.75) is 20.0 Å². The number of carbonyl (C=O) groups is 1. The van der Waals surface area contributed by atoms with Crippen molar-refractivity contribution in [2.24, 2.45) is 0 Å². The molecule has 3 heterocycles. The molecule has 3 aromatic rings. The molecule has 0 radical (unpaired) electrons. The van der Waals surface area contributed by atoms with Crippen LogP contribution in [0.3, 0.4) is 0 Å². The van der Waals surface area contributed by atoms with Crippen LogP contribution < -0.4 is 18.9 Å². The molecule has 0 atom stereocenters. The molecule has 0 aromatic heterocycles. The van der Waals surface area contributed by atoms with Crippen molar-refractivity contribution in [3.8, 4) is 23.0 Å². The Kier molecular flexibility index (Phi) is 5.08. The summed E-state index contributed by atoms with van der Waals surface area (Å²) in [6.45, 7) is 3.93. The third-order valence-electron chi connectivity index (χ3n) is 6.17. The van der Waals surface area contributed by atoms with Crippen molar-refractivity contribution in [2.75, 3.05) is 13.5 Å². The molecule has 3 aromatic carbocycles. The summed E-state index contributed by atoms with van der Waals surface area (Å²) >= 11 is 0. The van der Waals surface area contributed by atoms with Crippen molar-refractivity contribution in [3.63, 3.8) is 0 Å². The summed E-state index contributed by atoms with van der Waals surface area (Å²) in [4.78, 5) is 15.3. The molecule has 0 amide bonds. The highest BCUT2D eigenvalue weighted by Gasteiger charge is 2.35. The van der Waals surface area contributed by atoms with Gasteiger partial charge in [0, 0.05) is 13.1 Å². The Balaban J connectivity index is 1.24. The molecule has 0 fully saturated rings. The number of hydrogen-bond acceptors (Lipinski definition) is 6. The number of nitrogens with zero attached hydrogens (tertiary/aromatic N) is 1. The lowest BCUT2D eigenvalue weighted by atomic mass is 9.98. The van der Waals surface area contributed by atoms with Gasteiger partial charge in [0.05, 0.1) is 11.1 Å². The maximum absolute atomic E-state index is 13.1. The summed E-state index contributed by atoms with van der Waals surface area (Å²) in [7, 11) is 0. The fourth-order valence-electron chi connectivity index (χ4n) is 4.50. The van der Waals surface area contributed by atoms with Crippen LogP contribution in [0.1, 0.15) is 32.6 Å². The van der Waals surface area contributed by atoms with E-state index < -0.39 is 0 Å². The molecule has 6 heteroatoms. The van der Waals surface area contributed by atoms with E-state index in [4.69, 9.17) is 18.9 Å². The van der Waals surface area contributed by atoms with E-state index in [0.717, 1.165) is 39.5 Å². The largest absolute Gasteiger partial charge is 0.478 e. The van der Waals surface area contributed by atoms with Crippen LogP contribution in [0.2, 0.25) is 0 Å². The van der Waals surface area contributed by atoms with E-state index in [1.807, 2.05) is 73.7 Å². The molecule has 0 unspecified atom stereocenters. The number of ether oxygens (including phenoxy) is 4. The first-order chi connectivity index (χ1) is 16.7. The number of ketones is 1. The number of aryl methyl sites for hydroxylation is 1. The first-order valence-electron chi connectivity index (χ1n) is 11.2. The number of rotatable bonds is 4. The van der Waals surface area contributed by atoms with Gasteiger partial charge in [-0.1, -0.05) is 48.6 Å². The molecule has 0 aliphatic carbocycles. The summed E-state index contributed by atoms with van der Waals surface area (Å²) < 4.78 is 23.1.